The van der Waals surface area contributed by atoms with Crippen molar-refractivity contribution in [3.05, 3.63) is 29.3 Å². The predicted molar refractivity (Wildman–Crippen MR) is 64.3 cm³/mol. The van der Waals surface area contributed by atoms with Crippen LogP contribution >= 0.6 is 0 Å². The Morgan fingerprint density at radius 2 is 2.24 bits per heavy atom. The molecule has 17 heavy (non-hydrogen) atoms. The maximum absolute atomic E-state index is 11.2. The Bertz CT molecular complexity index is 468. The molecule has 0 radical (unpaired) electrons. The van der Waals surface area contributed by atoms with Crippen LogP contribution in [0.15, 0.2) is 18.2 Å². The van der Waals surface area contributed by atoms with E-state index in [-0.39, 0.29) is 5.78 Å². The number of hydrogen-bond donors (Lipinski definition) is 2. The first kappa shape index (κ1) is 11.6. The predicted octanol–water partition coefficient (Wildman–Crippen LogP) is 1.80. The van der Waals surface area contributed by atoms with Crippen molar-refractivity contribution in [1.82, 2.24) is 0 Å². The van der Waals surface area contributed by atoms with Gasteiger partial charge in [0.15, 0.2) is 0 Å². The third kappa shape index (κ3) is 2.46. The third-order valence-electron chi connectivity index (χ3n) is 2.99. The zero-order valence-electron chi connectivity index (χ0n) is 9.69. The van der Waals surface area contributed by atoms with Gasteiger partial charge in [-0.05, 0) is 30.5 Å². The van der Waals surface area contributed by atoms with E-state index in [1.807, 2.05) is 18.2 Å². The van der Waals surface area contributed by atoms with Crippen molar-refractivity contribution in [2.75, 3.05) is 11.9 Å². The average molecular weight is 233 g/mol. The molecule has 0 bridgehead atoms. The highest BCUT2D eigenvalue weighted by molar-refractivity contribution is 5.81. The van der Waals surface area contributed by atoms with Crippen molar-refractivity contribution in [2.24, 2.45) is 0 Å². The van der Waals surface area contributed by atoms with Crippen LogP contribution in [-0.4, -0.2) is 23.4 Å². The maximum atomic E-state index is 11.2. The molecule has 1 aliphatic rings. The molecule has 1 atom stereocenters. The molecule has 0 amide bonds. The molecular weight excluding hydrogens is 218 g/mol. The summed E-state index contributed by atoms with van der Waals surface area (Å²) in [5, 5.41) is 12.3. The van der Waals surface area contributed by atoms with E-state index in [4.69, 9.17) is 5.11 Å². The molecule has 0 saturated heterocycles. The fraction of sp³-hybridized carbons (Fsp3) is 0.385. The monoisotopic (exact) mass is 233 g/mol. The summed E-state index contributed by atoms with van der Waals surface area (Å²) in [5.74, 6) is -1.17. The molecule has 0 aliphatic carbocycles. The number of aliphatic carboxylic acids is 1. The standard InChI is InChI=1S/C13H15NO3/c1-8(15)6-9-2-3-12-11(7-9)10(13(16)17)4-5-14-12/h2-3,7,10,14H,4-6H2,1H3,(H,16,17). The van der Waals surface area contributed by atoms with Crippen LogP contribution in [0.3, 0.4) is 0 Å². The van der Waals surface area contributed by atoms with E-state index in [9.17, 15) is 9.59 Å². The summed E-state index contributed by atoms with van der Waals surface area (Å²) in [6, 6.07) is 5.57. The van der Waals surface area contributed by atoms with Gasteiger partial charge in [-0.1, -0.05) is 12.1 Å². The van der Waals surface area contributed by atoms with Crippen molar-refractivity contribution in [2.45, 2.75) is 25.7 Å². The van der Waals surface area contributed by atoms with Crippen molar-refractivity contribution < 1.29 is 14.7 Å². The van der Waals surface area contributed by atoms with Crippen LogP contribution in [0, 0.1) is 0 Å². The van der Waals surface area contributed by atoms with E-state index < -0.39 is 11.9 Å². The van der Waals surface area contributed by atoms with Crippen molar-refractivity contribution in [1.29, 1.82) is 0 Å². The highest BCUT2D eigenvalue weighted by atomic mass is 16.4. The summed E-state index contributed by atoms with van der Waals surface area (Å²) >= 11 is 0. The Morgan fingerprint density at radius 3 is 2.88 bits per heavy atom. The number of carboxylic acid groups (broad SMARTS) is 1. The van der Waals surface area contributed by atoms with E-state index in [2.05, 4.69) is 5.32 Å². The number of benzene rings is 1. The molecule has 0 saturated carbocycles. The van der Waals surface area contributed by atoms with Crippen LogP contribution in [0.2, 0.25) is 0 Å². The van der Waals surface area contributed by atoms with E-state index >= 15 is 0 Å². The highest BCUT2D eigenvalue weighted by Crippen LogP contribution is 2.32. The SMILES string of the molecule is CC(=O)Cc1ccc2c(c1)C(C(=O)O)CCN2. The maximum Gasteiger partial charge on any atom is 0.311 e. The van der Waals surface area contributed by atoms with Crippen molar-refractivity contribution in [3.8, 4) is 0 Å². The molecule has 1 aromatic carbocycles. The molecule has 1 aliphatic heterocycles. The fourth-order valence-corrected chi connectivity index (χ4v) is 2.22. The largest absolute Gasteiger partial charge is 0.481 e. The lowest BCUT2D eigenvalue weighted by molar-refractivity contribution is -0.139. The first-order valence-electron chi connectivity index (χ1n) is 5.67. The van der Waals surface area contributed by atoms with Crippen LogP contribution in [0.25, 0.3) is 0 Å². The summed E-state index contributed by atoms with van der Waals surface area (Å²) in [5.41, 5.74) is 2.55. The number of anilines is 1. The van der Waals surface area contributed by atoms with E-state index in [0.29, 0.717) is 19.4 Å². The molecular formula is C13H15NO3. The summed E-state index contributed by atoms with van der Waals surface area (Å²) in [7, 11) is 0. The van der Waals surface area contributed by atoms with Gasteiger partial charge in [-0.15, -0.1) is 0 Å². The molecule has 1 heterocycles. The first-order valence-corrected chi connectivity index (χ1v) is 5.67. The minimum atomic E-state index is -0.798. The number of carboxylic acids is 1. The molecule has 1 aromatic rings. The quantitative estimate of drug-likeness (QED) is 0.835. The molecule has 2 rings (SSSR count). The normalized spacial score (nSPS) is 18.1. The van der Waals surface area contributed by atoms with Gasteiger partial charge >= 0.3 is 5.97 Å². The summed E-state index contributed by atoms with van der Waals surface area (Å²) in [4.78, 5) is 22.2. The number of hydrogen-bond acceptors (Lipinski definition) is 3. The fourth-order valence-electron chi connectivity index (χ4n) is 2.22. The average Bonchev–Trinajstić information content (AvgIpc) is 2.27. The van der Waals surface area contributed by atoms with Crippen LogP contribution in [0.5, 0.6) is 0 Å². The number of nitrogens with one attached hydrogen (secondary N) is 1. The Morgan fingerprint density at radius 1 is 1.47 bits per heavy atom. The van der Waals surface area contributed by atoms with Crippen LogP contribution in [0.4, 0.5) is 5.69 Å². The van der Waals surface area contributed by atoms with E-state index in [1.165, 1.54) is 6.92 Å². The molecule has 4 heteroatoms. The van der Waals surface area contributed by atoms with Crippen molar-refractivity contribution >= 4 is 17.4 Å². The minimum absolute atomic E-state index is 0.0839. The van der Waals surface area contributed by atoms with Gasteiger partial charge in [0.05, 0.1) is 5.92 Å². The number of Topliss-reactive ketones (excluding diaryl/α,β-unsaturated/α-hetero) is 1. The zero-order chi connectivity index (χ0) is 12.4. The van der Waals surface area contributed by atoms with Gasteiger partial charge < -0.3 is 10.4 Å². The minimum Gasteiger partial charge on any atom is -0.481 e. The summed E-state index contributed by atoms with van der Waals surface area (Å²) in [6.07, 6.45) is 0.950. The molecule has 4 nitrogen and oxygen atoms in total. The second kappa shape index (κ2) is 4.57. The lowest BCUT2D eigenvalue weighted by Crippen LogP contribution is -2.22. The van der Waals surface area contributed by atoms with E-state index in [0.717, 1.165) is 16.8 Å². The number of ketones is 1. The second-order valence-corrected chi connectivity index (χ2v) is 4.41. The molecule has 0 fully saturated rings. The number of fused-ring (bicyclic) bond motifs is 1. The topological polar surface area (TPSA) is 66.4 Å². The number of carbonyl (C=O) groups is 2. The first-order chi connectivity index (χ1) is 8.08. The van der Waals surface area contributed by atoms with E-state index in [1.54, 1.807) is 0 Å². The Balaban J connectivity index is 2.36. The summed E-state index contributed by atoms with van der Waals surface area (Å²) < 4.78 is 0. The molecule has 90 valence electrons. The lowest BCUT2D eigenvalue weighted by Gasteiger charge is -2.24. The highest BCUT2D eigenvalue weighted by Gasteiger charge is 2.26. The molecule has 0 aromatic heterocycles. The number of carbonyl (C=O) groups excluding carboxylic acids is 1. The Labute approximate surface area is 99.6 Å². The van der Waals surface area contributed by atoms with Gasteiger partial charge in [0.25, 0.3) is 0 Å². The zero-order valence-corrected chi connectivity index (χ0v) is 9.69. The number of rotatable bonds is 3. The van der Waals surface area contributed by atoms with Gasteiger partial charge in [0, 0.05) is 18.7 Å². The van der Waals surface area contributed by atoms with Crippen molar-refractivity contribution in [3.63, 3.8) is 0 Å². The van der Waals surface area contributed by atoms with Crippen LogP contribution < -0.4 is 5.32 Å². The van der Waals surface area contributed by atoms with Gasteiger partial charge in [-0.2, -0.15) is 0 Å². The third-order valence-corrected chi connectivity index (χ3v) is 2.99. The summed E-state index contributed by atoms with van der Waals surface area (Å²) in [6.45, 7) is 2.21. The van der Waals surface area contributed by atoms with Gasteiger partial charge in [0.2, 0.25) is 0 Å². The van der Waals surface area contributed by atoms with Crippen LogP contribution in [-0.2, 0) is 16.0 Å². The Hall–Kier alpha value is -1.84. The van der Waals surface area contributed by atoms with Gasteiger partial charge in [0.1, 0.15) is 5.78 Å². The lowest BCUT2D eigenvalue weighted by atomic mass is 9.89. The Kier molecular flexibility index (Phi) is 3.13. The van der Waals surface area contributed by atoms with Gasteiger partial charge in [-0.25, -0.2) is 0 Å². The molecule has 1 unspecified atom stereocenters. The van der Waals surface area contributed by atoms with Gasteiger partial charge in [-0.3, -0.25) is 9.59 Å². The van der Waals surface area contributed by atoms with Crippen LogP contribution in [0.1, 0.15) is 30.4 Å². The second-order valence-electron chi connectivity index (χ2n) is 4.41. The molecule has 0 spiro atoms. The molecule has 2 N–H and O–H groups in total. The smallest absolute Gasteiger partial charge is 0.311 e.